The molecule has 2 fully saturated rings. The van der Waals surface area contributed by atoms with Crippen LogP contribution in [0.15, 0.2) is 35.7 Å². The van der Waals surface area contributed by atoms with Crippen LogP contribution in [-0.4, -0.2) is 31.2 Å². The molecule has 2 aromatic carbocycles. The SMILES string of the molecule is Cc1cccc(-c2csc(N3CCC4CC4C3)n2)c1OCc1ccc2c(c1C)CCNCC2. The molecule has 4 nitrogen and oxygen atoms in total. The van der Waals surface area contributed by atoms with Gasteiger partial charge in [0, 0.05) is 24.0 Å². The molecule has 5 heteroatoms. The van der Waals surface area contributed by atoms with E-state index < -0.39 is 0 Å². The minimum absolute atomic E-state index is 0.594. The van der Waals surface area contributed by atoms with Gasteiger partial charge in [0.25, 0.3) is 0 Å². The highest BCUT2D eigenvalue weighted by Crippen LogP contribution is 2.46. The molecule has 1 saturated heterocycles. The molecule has 3 aromatic rings. The number of aryl methyl sites for hydroxylation is 1. The Balaban J connectivity index is 1.24. The third-order valence-electron chi connectivity index (χ3n) is 7.85. The summed E-state index contributed by atoms with van der Waals surface area (Å²) in [6, 6.07) is 11.0. The first-order valence-electron chi connectivity index (χ1n) is 12.4. The fourth-order valence-electron chi connectivity index (χ4n) is 5.65. The predicted octanol–water partition coefficient (Wildman–Crippen LogP) is 5.54. The second kappa shape index (κ2) is 8.77. The van der Waals surface area contributed by atoms with Gasteiger partial charge in [0.1, 0.15) is 12.4 Å². The van der Waals surface area contributed by atoms with E-state index in [2.05, 4.69) is 59.8 Å². The number of rotatable bonds is 5. The van der Waals surface area contributed by atoms with E-state index in [1.807, 2.05) is 0 Å². The number of piperidine rings is 1. The lowest BCUT2D eigenvalue weighted by molar-refractivity contribution is 0.304. The Kier molecular flexibility index (Phi) is 5.63. The number of anilines is 1. The largest absolute Gasteiger partial charge is 0.488 e. The molecule has 2 unspecified atom stereocenters. The van der Waals surface area contributed by atoms with E-state index in [1.165, 1.54) is 41.6 Å². The monoisotopic (exact) mass is 459 g/mol. The standard InChI is InChI=1S/C28H33N3OS/c1-18-4-3-5-25(26-17-33-28(30-26)31-13-10-21-14-23(21)15-31)27(18)32-16-22-7-6-20-8-11-29-12-9-24(20)19(22)2/h3-7,17,21,23,29H,8-16H2,1-2H3. The molecule has 0 radical (unpaired) electrons. The Morgan fingerprint density at radius 3 is 2.94 bits per heavy atom. The Hall–Kier alpha value is -2.37. The molecule has 1 N–H and O–H groups in total. The van der Waals surface area contributed by atoms with Gasteiger partial charge < -0.3 is 15.0 Å². The average Bonchev–Trinajstić information content (AvgIpc) is 3.51. The van der Waals surface area contributed by atoms with E-state index in [-0.39, 0.29) is 0 Å². The van der Waals surface area contributed by atoms with Crippen molar-refractivity contribution in [2.24, 2.45) is 11.8 Å². The first kappa shape index (κ1) is 21.2. The summed E-state index contributed by atoms with van der Waals surface area (Å²) >= 11 is 1.77. The van der Waals surface area contributed by atoms with Crippen molar-refractivity contribution in [3.63, 3.8) is 0 Å². The summed E-state index contributed by atoms with van der Waals surface area (Å²) in [5.41, 5.74) is 8.99. The summed E-state index contributed by atoms with van der Waals surface area (Å²) in [5.74, 6) is 2.86. The van der Waals surface area contributed by atoms with Gasteiger partial charge in [-0.25, -0.2) is 4.98 Å². The van der Waals surface area contributed by atoms with Gasteiger partial charge in [0.2, 0.25) is 0 Å². The van der Waals surface area contributed by atoms with E-state index in [0.29, 0.717) is 6.61 Å². The van der Waals surface area contributed by atoms with Gasteiger partial charge in [-0.1, -0.05) is 24.3 Å². The zero-order valence-electron chi connectivity index (χ0n) is 19.7. The van der Waals surface area contributed by atoms with E-state index >= 15 is 0 Å². The van der Waals surface area contributed by atoms with E-state index in [1.54, 1.807) is 11.3 Å². The van der Waals surface area contributed by atoms with E-state index in [4.69, 9.17) is 9.72 Å². The smallest absolute Gasteiger partial charge is 0.185 e. The minimum Gasteiger partial charge on any atom is -0.488 e. The van der Waals surface area contributed by atoms with Crippen LogP contribution >= 0.6 is 11.3 Å². The van der Waals surface area contributed by atoms with Crippen molar-refractivity contribution in [1.29, 1.82) is 0 Å². The van der Waals surface area contributed by atoms with Crippen LogP contribution in [0.5, 0.6) is 5.75 Å². The Morgan fingerprint density at radius 2 is 2.03 bits per heavy atom. The van der Waals surface area contributed by atoms with Crippen LogP contribution in [0, 0.1) is 25.7 Å². The topological polar surface area (TPSA) is 37.4 Å². The highest BCUT2D eigenvalue weighted by molar-refractivity contribution is 7.14. The van der Waals surface area contributed by atoms with Crippen molar-refractivity contribution in [2.45, 2.75) is 46.1 Å². The molecule has 0 bridgehead atoms. The van der Waals surface area contributed by atoms with Crippen molar-refractivity contribution in [3.05, 3.63) is 63.5 Å². The molecule has 1 aliphatic carbocycles. The average molecular weight is 460 g/mol. The predicted molar refractivity (Wildman–Crippen MR) is 137 cm³/mol. The first-order valence-corrected chi connectivity index (χ1v) is 13.3. The van der Waals surface area contributed by atoms with Crippen LogP contribution in [0.25, 0.3) is 11.3 Å². The van der Waals surface area contributed by atoms with Crippen LogP contribution in [0.1, 0.15) is 40.7 Å². The lowest BCUT2D eigenvalue weighted by Crippen LogP contribution is -2.31. The Bertz CT molecular complexity index is 1170. The van der Waals surface area contributed by atoms with Gasteiger partial charge in [-0.3, -0.25) is 0 Å². The van der Waals surface area contributed by atoms with Crippen LogP contribution in [0.4, 0.5) is 5.13 Å². The molecular weight excluding hydrogens is 426 g/mol. The number of aromatic nitrogens is 1. The maximum absolute atomic E-state index is 6.53. The van der Waals surface area contributed by atoms with Crippen molar-refractivity contribution in [2.75, 3.05) is 31.1 Å². The molecule has 1 aromatic heterocycles. The lowest BCUT2D eigenvalue weighted by atomic mass is 9.94. The quantitative estimate of drug-likeness (QED) is 0.544. The number of nitrogens with one attached hydrogen (secondary N) is 1. The zero-order chi connectivity index (χ0) is 22.4. The number of hydrogen-bond donors (Lipinski definition) is 1. The van der Waals surface area contributed by atoms with Crippen LogP contribution in [0.3, 0.4) is 0 Å². The maximum atomic E-state index is 6.53. The summed E-state index contributed by atoms with van der Waals surface area (Å²) in [7, 11) is 0. The number of benzene rings is 2. The second-order valence-corrected chi connectivity index (χ2v) is 10.8. The summed E-state index contributed by atoms with van der Waals surface area (Å²) in [6.45, 7) is 9.46. The molecule has 6 rings (SSSR count). The fourth-order valence-corrected chi connectivity index (χ4v) is 6.51. The molecule has 3 aliphatic rings. The minimum atomic E-state index is 0.594. The van der Waals surface area contributed by atoms with Gasteiger partial charge in [-0.15, -0.1) is 11.3 Å². The molecule has 2 atom stereocenters. The van der Waals surface area contributed by atoms with Gasteiger partial charge in [0.05, 0.1) is 5.69 Å². The number of ether oxygens (including phenoxy) is 1. The van der Waals surface area contributed by atoms with Gasteiger partial charge in [-0.2, -0.15) is 0 Å². The summed E-state index contributed by atoms with van der Waals surface area (Å²) in [5, 5.41) is 6.89. The molecule has 172 valence electrons. The van der Waals surface area contributed by atoms with Gasteiger partial charge in [0.15, 0.2) is 5.13 Å². The molecule has 3 heterocycles. The Morgan fingerprint density at radius 1 is 1.12 bits per heavy atom. The highest BCUT2D eigenvalue weighted by Gasteiger charge is 2.42. The molecular formula is C28H33N3OS. The number of para-hydroxylation sites is 1. The number of hydrogen-bond acceptors (Lipinski definition) is 5. The number of fused-ring (bicyclic) bond motifs is 2. The van der Waals surface area contributed by atoms with Crippen molar-refractivity contribution < 1.29 is 4.74 Å². The van der Waals surface area contributed by atoms with E-state index in [9.17, 15) is 0 Å². The highest BCUT2D eigenvalue weighted by atomic mass is 32.1. The summed E-state index contributed by atoms with van der Waals surface area (Å²) in [4.78, 5) is 7.55. The van der Waals surface area contributed by atoms with Crippen LogP contribution < -0.4 is 15.0 Å². The third kappa shape index (κ3) is 4.17. The van der Waals surface area contributed by atoms with Crippen molar-refractivity contribution >= 4 is 16.5 Å². The summed E-state index contributed by atoms with van der Waals surface area (Å²) in [6.07, 6.45) is 4.96. The van der Waals surface area contributed by atoms with Crippen LogP contribution in [-0.2, 0) is 19.4 Å². The fraction of sp³-hybridized carbons (Fsp3) is 0.464. The van der Waals surface area contributed by atoms with Gasteiger partial charge in [-0.05, 0) is 98.3 Å². The normalized spacial score (nSPS) is 21.8. The maximum Gasteiger partial charge on any atom is 0.185 e. The first-order chi connectivity index (χ1) is 16.2. The molecule has 0 spiro atoms. The van der Waals surface area contributed by atoms with Crippen molar-refractivity contribution in [3.8, 4) is 17.0 Å². The zero-order valence-corrected chi connectivity index (χ0v) is 20.5. The van der Waals surface area contributed by atoms with Crippen molar-refractivity contribution in [1.82, 2.24) is 10.3 Å². The molecule has 1 saturated carbocycles. The second-order valence-electron chi connectivity index (χ2n) is 9.98. The van der Waals surface area contributed by atoms with Gasteiger partial charge >= 0.3 is 0 Å². The Labute approximate surface area is 201 Å². The molecule has 0 amide bonds. The molecule has 2 aliphatic heterocycles. The molecule has 33 heavy (non-hydrogen) atoms. The lowest BCUT2D eigenvalue weighted by Gasteiger charge is -2.25. The summed E-state index contributed by atoms with van der Waals surface area (Å²) < 4.78 is 6.53. The number of nitrogens with zero attached hydrogens (tertiary/aromatic N) is 2. The van der Waals surface area contributed by atoms with E-state index in [0.717, 1.165) is 72.0 Å². The third-order valence-corrected chi connectivity index (χ3v) is 8.75. The van der Waals surface area contributed by atoms with Crippen LogP contribution in [0.2, 0.25) is 0 Å². The number of thiazole rings is 1.